The van der Waals surface area contributed by atoms with Gasteiger partial charge >= 0.3 is 0 Å². The second-order valence-corrected chi connectivity index (χ2v) is 7.77. The zero-order chi connectivity index (χ0) is 18.0. The number of benzene rings is 1. The van der Waals surface area contributed by atoms with E-state index in [1.165, 1.54) is 24.6 Å². The van der Waals surface area contributed by atoms with E-state index in [9.17, 15) is 14.0 Å². The first-order chi connectivity index (χ1) is 12.0. The van der Waals surface area contributed by atoms with Gasteiger partial charge in [0.1, 0.15) is 5.82 Å². The zero-order valence-electron chi connectivity index (χ0n) is 14.4. The minimum absolute atomic E-state index is 0.0773. The molecule has 0 bridgehead atoms. The van der Waals surface area contributed by atoms with Crippen molar-refractivity contribution in [1.29, 1.82) is 0 Å². The van der Waals surface area contributed by atoms with Gasteiger partial charge in [0.15, 0.2) is 0 Å². The van der Waals surface area contributed by atoms with Crippen LogP contribution >= 0.6 is 11.6 Å². The molecule has 4 unspecified atom stereocenters. The molecule has 1 aromatic carbocycles. The lowest BCUT2D eigenvalue weighted by atomic mass is 9.72. The summed E-state index contributed by atoms with van der Waals surface area (Å²) in [6.45, 7) is 2.56. The van der Waals surface area contributed by atoms with Crippen molar-refractivity contribution in [3.05, 3.63) is 34.6 Å². The van der Waals surface area contributed by atoms with Gasteiger partial charge in [-0.2, -0.15) is 0 Å². The van der Waals surface area contributed by atoms with E-state index in [4.69, 9.17) is 11.6 Å². The molecular formula is C19H24ClFN2O2. The van der Waals surface area contributed by atoms with Gasteiger partial charge in [0, 0.05) is 18.5 Å². The van der Waals surface area contributed by atoms with Crippen molar-refractivity contribution in [2.24, 2.45) is 17.8 Å². The van der Waals surface area contributed by atoms with Crippen molar-refractivity contribution in [2.45, 2.75) is 45.1 Å². The predicted octanol–water partition coefficient (Wildman–Crippen LogP) is 3.54. The molecule has 1 aromatic rings. The molecule has 1 saturated heterocycles. The molecule has 4 atom stereocenters. The van der Waals surface area contributed by atoms with E-state index in [0.717, 1.165) is 19.3 Å². The Morgan fingerprint density at radius 3 is 2.92 bits per heavy atom. The second kappa shape index (κ2) is 7.73. The average Bonchev–Trinajstić information content (AvgIpc) is 2.55. The first-order valence-corrected chi connectivity index (χ1v) is 9.36. The van der Waals surface area contributed by atoms with E-state index in [-0.39, 0.29) is 22.4 Å². The maximum absolute atomic E-state index is 13.8. The molecule has 0 spiro atoms. The molecule has 1 heterocycles. The van der Waals surface area contributed by atoms with E-state index in [1.807, 2.05) is 0 Å². The minimum atomic E-state index is -0.639. The van der Waals surface area contributed by atoms with E-state index < -0.39 is 11.7 Å². The van der Waals surface area contributed by atoms with Crippen molar-refractivity contribution in [3.8, 4) is 0 Å². The number of hydrogen-bond donors (Lipinski definition) is 2. The summed E-state index contributed by atoms with van der Waals surface area (Å²) in [6, 6.07) is 4.46. The SMILES string of the molecule is CC1CCC2CC(CCNC(=O)c3c(F)cccc3Cl)C(=O)NC2C1. The summed E-state index contributed by atoms with van der Waals surface area (Å²) in [5, 5.41) is 5.93. The summed E-state index contributed by atoms with van der Waals surface area (Å²) >= 11 is 5.90. The van der Waals surface area contributed by atoms with Gasteiger partial charge in [0.2, 0.25) is 5.91 Å². The van der Waals surface area contributed by atoms with Crippen LogP contribution in [0, 0.1) is 23.6 Å². The first kappa shape index (κ1) is 18.2. The van der Waals surface area contributed by atoms with Crippen LogP contribution < -0.4 is 10.6 Å². The zero-order valence-corrected chi connectivity index (χ0v) is 15.1. The Morgan fingerprint density at radius 1 is 1.36 bits per heavy atom. The molecule has 1 saturated carbocycles. The van der Waals surface area contributed by atoms with Gasteiger partial charge in [0.05, 0.1) is 10.6 Å². The largest absolute Gasteiger partial charge is 0.353 e. The Kier molecular flexibility index (Phi) is 5.62. The molecule has 3 rings (SSSR count). The third-order valence-electron chi connectivity index (χ3n) is 5.51. The lowest BCUT2D eigenvalue weighted by molar-refractivity contribution is -0.130. The van der Waals surface area contributed by atoms with Gasteiger partial charge in [-0.05, 0) is 49.7 Å². The summed E-state index contributed by atoms with van der Waals surface area (Å²) < 4.78 is 13.8. The summed E-state index contributed by atoms with van der Waals surface area (Å²) in [6.07, 6.45) is 4.86. The van der Waals surface area contributed by atoms with Crippen molar-refractivity contribution in [3.63, 3.8) is 0 Å². The van der Waals surface area contributed by atoms with Crippen LogP contribution in [0.5, 0.6) is 0 Å². The molecule has 2 fully saturated rings. The number of hydrogen-bond acceptors (Lipinski definition) is 2. The normalized spacial score (nSPS) is 28.8. The molecule has 1 aliphatic carbocycles. The first-order valence-electron chi connectivity index (χ1n) is 8.98. The number of nitrogens with one attached hydrogen (secondary N) is 2. The van der Waals surface area contributed by atoms with Gasteiger partial charge < -0.3 is 10.6 Å². The van der Waals surface area contributed by atoms with Gasteiger partial charge in [-0.1, -0.05) is 31.0 Å². The third kappa shape index (κ3) is 4.14. The molecular weight excluding hydrogens is 343 g/mol. The minimum Gasteiger partial charge on any atom is -0.353 e. The summed E-state index contributed by atoms with van der Waals surface area (Å²) in [7, 11) is 0. The van der Waals surface area contributed by atoms with Crippen LogP contribution in [-0.2, 0) is 4.79 Å². The quantitative estimate of drug-likeness (QED) is 0.856. The van der Waals surface area contributed by atoms with Crippen LogP contribution in [0.3, 0.4) is 0 Å². The summed E-state index contributed by atoms with van der Waals surface area (Å²) in [5.41, 5.74) is -0.140. The predicted molar refractivity (Wildman–Crippen MR) is 94.9 cm³/mol. The number of halogens is 2. The maximum Gasteiger partial charge on any atom is 0.255 e. The number of amides is 2. The molecule has 4 nitrogen and oxygen atoms in total. The Morgan fingerprint density at radius 2 is 2.16 bits per heavy atom. The van der Waals surface area contributed by atoms with Crippen LogP contribution in [0.4, 0.5) is 4.39 Å². The molecule has 1 aliphatic heterocycles. The molecule has 0 radical (unpaired) electrons. The van der Waals surface area contributed by atoms with Gasteiger partial charge in [-0.15, -0.1) is 0 Å². The van der Waals surface area contributed by atoms with Crippen molar-refractivity contribution < 1.29 is 14.0 Å². The van der Waals surface area contributed by atoms with Crippen LogP contribution in [0.15, 0.2) is 18.2 Å². The van der Waals surface area contributed by atoms with Crippen LogP contribution in [0.25, 0.3) is 0 Å². The van der Waals surface area contributed by atoms with Crippen molar-refractivity contribution >= 4 is 23.4 Å². The van der Waals surface area contributed by atoms with Crippen LogP contribution in [-0.4, -0.2) is 24.4 Å². The van der Waals surface area contributed by atoms with Gasteiger partial charge in [-0.25, -0.2) is 4.39 Å². The third-order valence-corrected chi connectivity index (χ3v) is 5.82. The van der Waals surface area contributed by atoms with Crippen LogP contribution in [0.2, 0.25) is 5.02 Å². The second-order valence-electron chi connectivity index (χ2n) is 7.37. The Labute approximate surface area is 152 Å². The highest BCUT2D eigenvalue weighted by Gasteiger charge is 2.38. The summed E-state index contributed by atoms with van der Waals surface area (Å²) in [5.74, 6) is 0.0151. The fourth-order valence-corrected chi connectivity index (χ4v) is 4.34. The maximum atomic E-state index is 13.8. The lowest BCUT2D eigenvalue weighted by Crippen LogP contribution is -2.52. The number of rotatable bonds is 4. The molecule has 2 aliphatic rings. The number of fused-ring (bicyclic) bond motifs is 1. The monoisotopic (exact) mass is 366 g/mol. The van der Waals surface area contributed by atoms with Crippen molar-refractivity contribution in [1.82, 2.24) is 10.6 Å². The van der Waals surface area contributed by atoms with Gasteiger partial charge in [0.25, 0.3) is 5.91 Å². The molecule has 2 N–H and O–H groups in total. The van der Waals surface area contributed by atoms with E-state index in [1.54, 1.807) is 0 Å². The fraction of sp³-hybridized carbons (Fsp3) is 0.579. The Balaban J connectivity index is 1.52. The molecule has 0 aromatic heterocycles. The van der Waals surface area contributed by atoms with E-state index >= 15 is 0 Å². The highest BCUT2D eigenvalue weighted by molar-refractivity contribution is 6.33. The lowest BCUT2D eigenvalue weighted by Gasteiger charge is -2.41. The van der Waals surface area contributed by atoms with Crippen molar-refractivity contribution in [2.75, 3.05) is 6.54 Å². The fourth-order valence-electron chi connectivity index (χ4n) is 4.09. The van der Waals surface area contributed by atoms with Crippen LogP contribution in [0.1, 0.15) is 49.4 Å². The number of carbonyl (C=O) groups excluding carboxylic acids is 2. The number of piperidine rings is 1. The smallest absolute Gasteiger partial charge is 0.255 e. The molecule has 25 heavy (non-hydrogen) atoms. The van der Waals surface area contributed by atoms with E-state index in [0.29, 0.717) is 30.8 Å². The Bertz CT molecular complexity index is 647. The number of carbonyl (C=O) groups is 2. The van der Waals surface area contributed by atoms with Gasteiger partial charge in [-0.3, -0.25) is 9.59 Å². The topological polar surface area (TPSA) is 58.2 Å². The molecule has 2 amide bonds. The standard InChI is InChI=1S/C19H24ClFN2O2/c1-11-5-6-12-10-13(18(24)23-16(12)9-11)7-8-22-19(25)17-14(20)3-2-4-15(17)21/h2-4,11-13,16H,5-10H2,1H3,(H,22,25)(H,23,24). The highest BCUT2D eigenvalue weighted by atomic mass is 35.5. The molecule has 6 heteroatoms. The average molecular weight is 367 g/mol. The Hall–Kier alpha value is -1.62. The van der Waals surface area contributed by atoms with E-state index in [2.05, 4.69) is 17.6 Å². The highest BCUT2D eigenvalue weighted by Crippen LogP contribution is 2.36. The molecule has 136 valence electrons. The summed E-state index contributed by atoms with van der Waals surface area (Å²) in [4.78, 5) is 24.4.